The predicted molar refractivity (Wildman–Crippen MR) is 57.1 cm³/mol. The van der Waals surface area contributed by atoms with E-state index in [9.17, 15) is 24.8 Å². The lowest BCUT2D eigenvalue weighted by Crippen LogP contribution is -2.29. The Morgan fingerprint density at radius 3 is 2.50 bits per heavy atom. The van der Waals surface area contributed by atoms with Gasteiger partial charge in [-0.3, -0.25) is 14.9 Å². The van der Waals surface area contributed by atoms with Crippen LogP contribution in [0.2, 0.25) is 0 Å². The Morgan fingerprint density at radius 1 is 1.50 bits per heavy atom. The quantitative estimate of drug-likeness (QED) is 0.401. The zero-order chi connectivity index (χ0) is 14.0. The van der Waals surface area contributed by atoms with E-state index in [2.05, 4.69) is 0 Å². The molecule has 0 aliphatic heterocycles. The minimum Gasteiger partial charge on any atom is -0.479 e. The zero-order valence-corrected chi connectivity index (χ0v) is 9.15. The molecule has 2 atom stereocenters. The van der Waals surface area contributed by atoms with Crippen LogP contribution >= 0.6 is 0 Å². The molecule has 9 nitrogen and oxygen atoms in total. The van der Waals surface area contributed by atoms with Gasteiger partial charge in [0.05, 0.1) is 4.92 Å². The molecule has 1 rings (SSSR count). The summed E-state index contributed by atoms with van der Waals surface area (Å²) < 4.78 is 0. The number of aliphatic hydroxyl groups excluding tert-OH is 2. The van der Waals surface area contributed by atoms with Crippen molar-refractivity contribution in [2.75, 3.05) is 0 Å². The average molecular weight is 258 g/mol. The third kappa shape index (κ3) is 2.36. The van der Waals surface area contributed by atoms with Crippen molar-refractivity contribution in [3.8, 4) is 0 Å². The van der Waals surface area contributed by atoms with Crippen LogP contribution in [0, 0.1) is 17.0 Å². The van der Waals surface area contributed by atoms with Gasteiger partial charge in [0.2, 0.25) is 0 Å². The minimum absolute atomic E-state index is 0.198. The second-order valence-electron chi connectivity index (χ2n) is 3.53. The van der Waals surface area contributed by atoms with E-state index in [1.54, 1.807) is 0 Å². The molecule has 0 saturated heterocycles. The van der Waals surface area contributed by atoms with Crippen LogP contribution in [0.1, 0.15) is 17.2 Å². The molecule has 9 heteroatoms. The van der Waals surface area contributed by atoms with Gasteiger partial charge in [-0.05, 0) is 6.92 Å². The maximum atomic E-state index is 11.2. The average Bonchev–Trinajstić information content (AvgIpc) is 2.26. The number of H-pyrrole nitrogens is 1. The minimum atomic E-state index is -2.14. The van der Waals surface area contributed by atoms with Gasteiger partial charge in [-0.15, -0.1) is 0 Å². The second-order valence-corrected chi connectivity index (χ2v) is 3.53. The molecule has 1 heterocycles. The normalized spacial score (nSPS) is 13.9. The molecule has 0 bridgehead atoms. The van der Waals surface area contributed by atoms with E-state index in [1.807, 2.05) is 4.98 Å². The highest BCUT2D eigenvalue weighted by Crippen LogP contribution is 2.24. The Morgan fingerprint density at radius 2 is 2.06 bits per heavy atom. The SMILES string of the molecule is Cc1c(C(O)C(O)C(=O)O)c[nH]c(=O)c1[N+](=O)[O-]. The largest absolute Gasteiger partial charge is 0.479 e. The molecule has 1 aromatic heterocycles. The molecule has 1 aromatic rings. The van der Waals surface area contributed by atoms with Gasteiger partial charge in [0.15, 0.2) is 6.10 Å². The number of carboxylic acids is 1. The first-order valence-corrected chi connectivity index (χ1v) is 4.73. The second kappa shape index (κ2) is 4.94. The summed E-state index contributed by atoms with van der Waals surface area (Å²) in [5.74, 6) is -1.68. The standard InChI is InChI=1S/C9H10N2O7/c1-3-4(6(12)7(13)9(15)16)2-10-8(14)5(3)11(17)18/h2,6-7,12-13H,1H3,(H,10,14)(H,15,16). The Kier molecular flexibility index (Phi) is 3.79. The lowest BCUT2D eigenvalue weighted by Gasteiger charge is -2.15. The maximum absolute atomic E-state index is 11.2. The summed E-state index contributed by atoms with van der Waals surface area (Å²) in [7, 11) is 0. The van der Waals surface area contributed by atoms with Crippen LogP contribution in [0.3, 0.4) is 0 Å². The number of aliphatic carboxylic acids is 1. The van der Waals surface area contributed by atoms with E-state index < -0.39 is 34.3 Å². The first-order valence-electron chi connectivity index (χ1n) is 4.73. The van der Waals surface area contributed by atoms with Crippen LogP contribution in [0.4, 0.5) is 5.69 Å². The Hall–Kier alpha value is -2.26. The van der Waals surface area contributed by atoms with Crippen molar-refractivity contribution in [2.45, 2.75) is 19.1 Å². The van der Waals surface area contributed by atoms with Gasteiger partial charge >= 0.3 is 17.2 Å². The summed E-state index contributed by atoms with van der Waals surface area (Å²) >= 11 is 0. The number of rotatable bonds is 4. The highest BCUT2D eigenvalue weighted by Gasteiger charge is 2.30. The molecule has 4 N–H and O–H groups in total. The molecule has 2 unspecified atom stereocenters. The maximum Gasteiger partial charge on any atom is 0.337 e. The van der Waals surface area contributed by atoms with Crippen LogP contribution in [0.25, 0.3) is 0 Å². The molecule has 0 fully saturated rings. The van der Waals surface area contributed by atoms with Gasteiger partial charge in [0.25, 0.3) is 0 Å². The van der Waals surface area contributed by atoms with Crippen LogP contribution in [-0.2, 0) is 4.79 Å². The lowest BCUT2D eigenvalue weighted by atomic mass is 10.0. The zero-order valence-electron chi connectivity index (χ0n) is 9.15. The molecule has 0 aliphatic carbocycles. The molecular weight excluding hydrogens is 248 g/mol. The van der Waals surface area contributed by atoms with E-state index in [1.165, 1.54) is 6.92 Å². The number of hydrogen-bond donors (Lipinski definition) is 4. The van der Waals surface area contributed by atoms with Gasteiger partial charge in [0, 0.05) is 17.3 Å². The van der Waals surface area contributed by atoms with Crippen LogP contribution in [0.5, 0.6) is 0 Å². The number of carboxylic acid groups (broad SMARTS) is 1. The van der Waals surface area contributed by atoms with Gasteiger partial charge in [-0.2, -0.15) is 0 Å². The van der Waals surface area contributed by atoms with E-state index in [-0.39, 0.29) is 11.1 Å². The lowest BCUT2D eigenvalue weighted by molar-refractivity contribution is -0.387. The van der Waals surface area contributed by atoms with Gasteiger partial charge in [-0.25, -0.2) is 4.79 Å². The molecule has 0 aromatic carbocycles. The molecule has 0 spiro atoms. The Labute approximate surface area is 99.5 Å². The smallest absolute Gasteiger partial charge is 0.337 e. The summed E-state index contributed by atoms with van der Waals surface area (Å²) in [6, 6.07) is 0. The topological polar surface area (TPSA) is 154 Å². The number of carbonyl (C=O) groups is 1. The number of nitrogens with one attached hydrogen (secondary N) is 1. The first kappa shape index (κ1) is 13.8. The highest BCUT2D eigenvalue weighted by atomic mass is 16.6. The molecule has 18 heavy (non-hydrogen) atoms. The predicted octanol–water partition coefficient (Wildman–Crippen LogP) is -0.930. The monoisotopic (exact) mass is 258 g/mol. The van der Waals surface area contributed by atoms with E-state index in [4.69, 9.17) is 10.2 Å². The number of nitrogens with zero attached hydrogens (tertiary/aromatic N) is 1. The number of hydrogen-bond acceptors (Lipinski definition) is 6. The Bertz CT molecular complexity index is 550. The fourth-order valence-electron chi connectivity index (χ4n) is 1.46. The summed E-state index contributed by atoms with van der Waals surface area (Å²) in [5, 5.41) is 37.9. The van der Waals surface area contributed by atoms with Crippen molar-refractivity contribution in [3.05, 3.63) is 37.8 Å². The summed E-state index contributed by atoms with van der Waals surface area (Å²) in [6.07, 6.45) is -3.09. The van der Waals surface area contributed by atoms with Gasteiger partial charge in [0.1, 0.15) is 6.10 Å². The highest BCUT2D eigenvalue weighted by molar-refractivity contribution is 5.73. The van der Waals surface area contributed by atoms with Crippen molar-refractivity contribution in [1.29, 1.82) is 0 Å². The van der Waals surface area contributed by atoms with E-state index >= 15 is 0 Å². The van der Waals surface area contributed by atoms with E-state index in [0.717, 1.165) is 6.20 Å². The summed E-state index contributed by atoms with van der Waals surface area (Å²) in [4.78, 5) is 33.4. The van der Waals surface area contributed by atoms with Crippen molar-refractivity contribution >= 4 is 11.7 Å². The van der Waals surface area contributed by atoms with Crippen molar-refractivity contribution in [1.82, 2.24) is 4.98 Å². The van der Waals surface area contributed by atoms with E-state index in [0.29, 0.717) is 0 Å². The molecular formula is C9H10N2O7. The summed E-state index contributed by atoms with van der Waals surface area (Å²) in [6.45, 7) is 1.18. The van der Waals surface area contributed by atoms with Crippen LogP contribution < -0.4 is 5.56 Å². The number of pyridine rings is 1. The van der Waals surface area contributed by atoms with Crippen LogP contribution in [0.15, 0.2) is 11.0 Å². The molecule has 0 amide bonds. The fraction of sp³-hybridized carbons (Fsp3) is 0.333. The molecule has 98 valence electrons. The van der Waals surface area contributed by atoms with Crippen molar-refractivity contribution < 1.29 is 25.0 Å². The van der Waals surface area contributed by atoms with Crippen molar-refractivity contribution in [2.24, 2.45) is 0 Å². The summed E-state index contributed by atoms with van der Waals surface area (Å²) in [5.41, 5.74) is -2.20. The fourth-order valence-corrected chi connectivity index (χ4v) is 1.46. The number of aromatic amines is 1. The Balaban J connectivity index is 3.36. The third-order valence-electron chi connectivity index (χ3n) is 2.42. The number of nitro groups is 1. The van der Waals surface area contributed by atoms with Crippen LogP contribution in [-0.4, -0.2) is 37.3 Å². The van der Waals surface area contributed by atoms with Crippen molar-refractivity contribution in [3.63, 3.8) is 0 Å². The number of aliphatic hydroxyl groups is 2. The van der Waals surface area contributed by atoms with Gasteiger partial charge in [-0.1, -0.05) is 0 Å². The first-order chi connectivity index (χ1) is 8.27. The molecule has 0 aliphatic rings. The van der Waals surface area contributed by atoms with Gasteiger partial charge < -0.3 is 20.3 Å². The third-order valence-corrected chi connectivity index (χ3v) is 2.42. The number of aromatic nitrogens is 1. The molecule has 0 radical (unpaired) electrons. The molecule has 0 saturated carbocycles.